The minimum absolute atomic E-state index is 0.156. The molecule has 0 radical (unpaired) electrons. The number of nitrogens with zero attached hydrogens (tertiary/aromatic N) is 3. The molecular weight excluding hydrogens is 599 g/mol. The van der Waals surface area contributed by atoms with Gasteiger partial charge in [-0.1, -0.05) is 151 Å². The Morgan fingerprint density at radius 1 is 0.408 bits per heavy atom. The van der Waals surface area contributed by atoms with E-state index in [9.17, 15) is 4.11 Å². The lowest BCUT2D eigenvalue weighted by Crippen LogP contribution is -2.00. The molecule has 9 rings (SSSR count). The maximum absolute atomic E-state index is 9.50. The van der Waals surface area contributed by atoms with Crippen LogP contribution in [0.5, 0.6) is 0 Å². The van der Waals surface area contributed by atoms with Crippen LogP contribution < -0.4 is 0 Å². The molecule has 0 aliphatic carbocycles. The normalized spacial score (nSPS) is 15.6. The Balaban J connectivity index is 1.32. The standard InChI is InChI=1S/C45H29N3O/c1-4-12-30(13-5-1)32-22-24-33(25-23-32)38-20-11-21-40-42(38)39-27-26-37(29-41(39)49-40)45-47-43(34-16-8-3-9-17-34)46-44(48-45)36-19-10-18-35(28-36)31-14-6-2-7-15-31/h1-29H/i1D,4D,5D,11D,12D,13D,20D,21D,22D,23D,24D,25D,26D,27D,29D. The molecule has 0 N–H and O–H groups in total. The van der Waals surface area contributed by atoms with E-state index in [1.54, 1.807) is 30.3 Å². The first-order valence-corrected chi connectivity index (χ1v) is 15.1. The van der Waals surface area contributed by atoms with E-state index in [-0.39, 0.29) is 39.4 Å². The summed E-state index contributed by atoms with van der Waals surface area (Å²) >= 11 is 0. The molecular formula is C45H29N3O. The topological polar surface area (TPSA) is 51.8 Å². The van der Waals surface area contributed by atoms with Crippen molar-refractivity contribution in [2.45, 2.75) is 0 Å². The van der Waals surface area contributed by atoms with Gasteiger partial charge in [0, 0.05) is 27.5 Å². The SMILES string of the molecule is [2H]c1c([2H])c([2H])c(-c2c([2H])c([2H])c(-c3c([2H])c([2H])c([2H])c4oc5c([2H])c(-c6nc(-c7ccccc7)nc(-c7cccc(-c8ccccc8)c7)n6)c([2H])c([2H])c5c34)c([2H])c2[2H])c([2H])c1[2H]. The Labute approximate surface area is 305 Å². The van der Waals surface area contributed by atoms with Gasteiger partial charge in [-0.25, -0.2) is 15.0 Å². The number of aromatic nitrogens is 3. The van der Waals surface area contributed by atoms with Crippen molar-refractivity contribution < 1.29 is 25.0 Å². The lowest BCUT2D eigenvalue weighted by molar-refractivity contribution is 0.669. The van der Waals surface area contributed by atoms with E-state index in [2.05, 4.69) is 4.98 Å². The zero-order chi connectivity index (χ0) is 45.6. The summed E-state index contributed by atoms with van der Waals surface area (Å²) in [4.78, 5) is 14.2. The zero-order valence-electron chi connectivity index (χ0n) is 40.3. The van der Waals surface area contributed by atoms with Crippen molar-refractivity contribution in [1.82, 2.24) is 15.0 Å². The van der Waals surface area contributed by atoms with Crippen LogP contribution in [0.3, 0.4) is 0 Å². The van der Waals surface area contributed by atoms with Crippen LogP contribution in [0.4, 0.5) is 0 Å². The molecule has 0 aliphatic heterocycles. The van der Waals surface area contributed by atoms with Crippen LogP contribution >= 0.6 is 0 Å². The Kier molecular flexibility index (Phi) is 4.21. The maximum atomic E-state index is 9.50. The van der Waals surface area contributed by atoms with Gasteiger partial charge in [-0.15, -0.1) is 0 Å². The van der Waals surface area contributed by atoms with E-state index in [0.717, 1.165) is 11.1 Å². The fraction of sp³-hybridized carbons (Fsp3) is 0. The predicted octanol–water partition coefficient (Wildman–Crippen LogP) is 11.8. The highest BCUT2D eigenvalue weighted by Crippen LogP contribution is 2.39. The van der Waals surface area contributed by atoms with Gasteiger partial charge in [0.1, 0.15) is 11.2 Å². The Morgan fingerprint density at radius 2 is 1.00 bits per heavy atom. The highest BCUT2D eigenvalue weighted by atomic mass is 16.3. The molecule has 49 heavy (non-hydrogen) atoms. The molecule has 0 unspecified atom stereocenters. The van der Waals surface area contributed by atoms with E-state index in [1.807, 2.05) is 54.6 Å². The molecule has 2 aromatic heterocycles. The first-order chi connectivity index (χ1) is 30.5. The second kappa shape index (κ2) is 12.2. The molecule has 7 aromatic carbocycles. The molecule has 4 nitrogen and oxygen atoms in total. The lowest BCUT2D eigenvalue weighted by atomic mass is 9.96. The average Bonchev–Trinajstić information content (AvgIpc) is 3.72. The summed E-state index contributed by atoms with van der Waals surface area (Å²) in [6, 6.07) is 15.2. The van der Waals surface area contributed by atoms with Gasteiger partial charge in [0.2, 0.25) is 0 Å². The van der Waals surface area contributed by atoms with Crippen LogP contribution in [0.25, 0.3) is 89.5 Å². The molecule has 0 spiro atoms. The Morgan fingerprint density at radius 3 is 1.76 bits per heavy atom. The summed E-state index contributed by atoms with van der Waals surface area (Å²) in [5.41, 5.74) is -0.290. The van der Waals surface area contributed by atoms with E-state index >= 15 is 0 Å². The third-order valence-electron chi connectivity index (χ3n) is 7.82. The van der Waals surface area contributed by atoms with Crippen LogP contribution in [0.1, 0.15) is 20.6 Å². The molecule has 0 atom stereocenters. The first-order valence-electron chi connectivity index (χ1n) is 22.6. The van der Waals surface area contributed by atoms with Crippen molar-refractivity contribution in [3.05, 3.63) is 176 Å². The summed E-state index contributed by atoms with van der Waals surface area (Å²) in [6.07, 6.45) is 0. The van der Waals surface area contributed by atoms with Crippen molar-refractivity contribution in [2.75, 3.05) is 0 Å². The number of furan rings is 1. The predicted molar refractivity (Wildman–Crippen MR) is 200 cm³/mol. The molecule has 2 heterocycles. The molecule has 0 amide bonds. The van der Waals surface area contributed by atoms with E-state index in [0.29, 0.717) is 11.1 Å². The van der Waals surface area contributed by atoms with Gasteiger partial charge >= 0.3 is 0 Å². The van der Waals surface area contributed by atoms with Crippen LogP contribution in [-0.4, -0.2) is 15.0 Å². The first kappa shape index (κ1) is 17.0. The summed E-state index contributed by atoms with van der Waals surface area (Å²) < 4.78 is 138. The molecule has 0 saturated heterocycles. The minimum Gasteiger partial charge on any atom is -0.456 e. The van der Waals surface area contributed by atoms with Crippen molar-refractivity contribution in [3.63, 3.8) is 0 Å². The number of fused-ring (bicyclic) bond motifs is 3. The van der Waals surface area contributed by atoms with Gasteiger partial charge in [-0.3, -0.25) is 0 Å². The third-order valence-corrected chi connectivity index (χ3v) is 7.82. The van der Waals surface area contributed by atoms with Gasteiger partial charge in [0.05, 0.1) is 20.6 Å². The number of hydrogen-bond acceptors (Lipinski definition) is 4. The highest BCUT2D eigenvalue weighted by molar-refractivity contribution is 6.13. The van der Waals surface area contributed by atoms with Crippen LogP contribution in [0.15, 0.2) is 180 Å². The number of rotatable bonds is 6. The fourth-order valence-electron chi connectivity index (χ4n) is 5.49. The second-order valence-corrected chi connectivity index (χ2v) is 10.9. The van der Waals surface area contributed by atoms with Gasteiger partial charge in [0.15, 0.2) is 17.5 Å². The highest BCUT2D eigenvalue weighted by Gasteiger charge is 2.17. The molecule has 0 bridgehead atoms. The number of hydrogen-bond donors (Lipinski definition) is 0. The second-order valence-electron chi connectivity index (χ2n) is 10.9. The van der Waals surface area contributed by atoms with Crippen LogP contribution in [0.2, 0.25) is 0 Å². The maximum Gasteiger partial charge on any atom is 0.164 e. The van der Waals surface area contributed by atoms with Crippen molar-refractivity contribution >= 4 is 21.9 Å². The lowest BCUT2D eigenvalue weighted by Gasteiger charge is -2.10. The third kappa shape index (κ3) is 5.45. The molecule has 4 heteroatoms. The molecule has 9 aromatic rings. The molecule has 0 aliphatic rings. The summed E-state index contributed by atoms with van der Waals surface area (Å²) in [5.74, 6) is 0.237. The average molecular weight is 643 g/mol. The summed E-state index contributed by atoms with van der Waals surface area (Å²) in [6.45, 7) is 0. The minimum atomic E-state index is -0.832. The molecule has 230 valence electrons. The summed E-state index contributed by atoms with van der Waals surface area (Å²) in [7, 11) is 0. The van der Waals surface area contributed by atoms with Crippen molar-refractivity contribution in [3.8, 4) is 67.5 Å². The summed E-state index contributed by atoms with van der Waals surface area (Å²) in [5, 5.41) is -0.583. The fourth-order valence-corrected chi connectivity index (χ4v) is 5.49. The number of benzene rings is 7. The largest absolute Gasteiger partial charge is 0.456 e. The van der Waals surface area contributed by atoms with Gasteiger partial charge in [-0.05, 0) is 57.6 Å². The van der Waals surface area contributed by atoms with Crippen molar-refractivity contribution in [1.29, 1.82) is 0 Å². The molecule has 0 fully saturated rings. The van der Waals surface area contributed by atoms with Gasteiger partial charge < -0.3 is 4.42 Å². The van der Waals surface area contributed by atoms with E-state index in [1.165, 1.54) is 0 Å². The monoisotopic (exact) mass is 642 g/mol. The zero-order valence-corrected chi connectivity index (χ0v) is 25.3. The van der Waals surface area contributed by atoms with Crippen LogP contribution in [0, 0.1) is 0 Å². The van der Waals surface area contributed by atoms with Gasteiger partial charge in [-0.2, -0.15) is 0 Å². The Hall–Kier alpha value is -6.65. The van der Waals surface area contributed by atoms with Crippen molar-refractivity contribution in [2.24, 2.45) is 0 Å². The Bertz CT molecular complexity index is 3390. The quantitative estimate of drug-likeness (QED) is 0.181. The van der Waals surface area contributed by atoms with Gasteiger partial charge in [0.25, 0.3) is 0 Å². The van der Waals surface area contributed by atoms with Crippen LogP contribution in [-0.2, 0) is 0 Å². The smallest absolute Gasteiger partial charge is 0.164 e. The molecule has 0 saturated carbocycles. The van der Waals surface area contributed by atoms with E-state index < -0.39 is 118 Å². The van der Waals surface area contributed by atoms with E-state index in [4.69, 9.17) is 30.8 Å².